The van der Waals surface area contributed by atoms with E-state index in [-0.39, 0.29) is 18.2 Å². The summed E-state index contributed by atoms with van der Waals surface area (Å²) in [5, 5.41) is 10.4. The van der Waals surface area contributed by atoms with Gasteiger partial charge in [-0.05, 0) is 52.1 Å². The third-order valence-corrected chi connectivity index (χ3v) is 5.50. The first-order chi connectivity index (χ1) is 11.9. The number of carbonyl (C=O) groups excluding carboxylic acids is 1. The molecule has 25 heavy (non-hydrogen) atoms. The van der Waals surface area contributed by atoms with E-state index in [1.165, 1.54) is 18.4 Å². The van der Waals surface area contributed by atoms with E-state index in [4.69, 9.17) is 4.74 Å². The Hall–Kier alpha value is -1.60. The van der Waals surface area contributed by atoms with Gasteiger partial charge in [0.2, 0.25) is 0 Å². The van der Waals surface area contributed by atoms with E-state index in [1.807, 2.05) is 25.6 Å². The lowest BCUT2D eigenvalue weighted by Gasteiger charge is -2.35. The van der Waals surface area contributed by atoms with E-state index in [0.29, 0.717) is 12.6 Å². The molecule has 2 aliphatic rings. The van der Waals surface area contributed by atoms with E-state index in [9.17, 15) is 4.79 Å². The van der Waals surface area contributed by atoms with Gasteiger partial charge in [0, 0.05) is 37.9 Å². The lowest BCUT2D eigenvalue weighted by molar-refractivity contribution is -0.0458. The van der Waals surface area contributed by atoms with Crippen LogP contribution in [0.3, 0.4) is 0 Å². The first kappa shape index (κ1) is 18.2. The average molecular weight is 349 g/mol. The van der Waals surface area contributed by atoms with Gasteiger partial charge in [-0.25, -0.2) is 4.79 Å². The van der Waals surface area contributed by atoms with Crippen LogP contribution < -0.4 is 10.6 Å². The third-order valence-electron chi connectivity index (χ3n) is 5.50. The summed E-state index contributed by atoms with van der Waals surface area (Å²) >= 11 is 0. The number of fused-ring (bicyclic) bond motifs is 1. The number of nitrogens with zero attached hydrogens (tertiary/aromatic N) is 3. The standard InChI is InChI=1S/C18H31N5O2/c1-12(8-17-13(2)21-22(4)14(17)3)20-18(24)19-9-16-10-23-7-5-6-15(23)11-25-16/h12,15-16H,5-11H2,1-4H3,(H2,19,20,24)/t12-,15-,16+/m0/s1. The summed E-state index contributed by atoms with van der Waals surface area (Å²) < 4.78 is 7.77. The summed E-state index contributed by atoms with van der Waals surface area (Å²) in [6.45, 7) is 9.55. The van der Waals surface area contributed by atoms with Gasteiger partial charge in [0.25, 0.3) is 0 Å². The fraction of sp³-hybridized carbons (Fsp3) is 0.778. The van der Waals surface area contributed by atoms with Gasteiger partial charge in [-0.3, -0.25) is 9.58 Å². The smallest absolute Gasteiger partial charge is 0.315 e. The number of aryl methyl sites for hydroxylation is 2. The summed E-state index contributed by atoms with van der Waals surface area (Å²) in [7, 11) is 1.95. The molecule has 2 amide bonds. The zero-order valence-corrected chi connectivity index (χ0v) is 15.8. The number of amides is 2. The van der Waals surface area contributed by atoms with Crippen LogP contribution in [0.5, 0.6) is 0 Å². The van der Waals surface area contributed by atoms with Crippen LogP contribution in [-0.4, -0.2) is 65.1 Å². The summed E-state index contributed by atoms with van der Waals surface area (Å²) in [6, 6.07) is 0.520. The molecule has 0 aromatic carbocycles. The second-order valence-electron chi connectivity index (χ2n) is 7.48. The van der Waals surface area contributed by atoms with Gasteiger partial charge < -0.3 is 15.4 Å². The highest BCUT2D eigenvalue weighted by Gasteiger charge is 2.32. The normalized spacial score (nSPS) is 24.8. The maximum atomic E-state index is 12.2. The van der Waals surface area contributed by atoms with Crippen molar-refractivity contribution >= 4 is 6.03 Å². The quantitative estimate of drug-likeness (QED) is 0.836. The van der Waals surface area contributed by atoms with Crippen molar-refractivity contribution in [2.24, 2.45) is 7.05 Å². The zero-order valence-electron chi connectivity index (χ0n) is 15.8. The van der Waals surface area contributed by atoms with Crippen molar-refractivity contribution in [1.29, 1.82) is 0 Å². The molecule has 0 unspecified atom stereocenters. The first-order valence-corrected chi connectivity index (χ1v) is 9.33. The van der Waals surface area contributed by atoms with Gasteiger partial charge in [-0.1, -0.05) is 0 Å². The van der Waals surface area contributed by atoms with Gasteiger partial charge in [-0.2, -0.15) is 5.10 Å². The van der Waals surface area contributed by atoms with Crippen LogP contribution in [0.2, 0.25) is 0 Å². The van der Waals surface area contributed by atoms with Gasteiger partial charge in [-0.15, -0.1) is 0 Å². The Morgan fingerprint density at radius 1 is 1.44 bits per heavy atom. The van der Waals surface area contributed by atoms with E-state index in [2.05, 4.69) is 27.6 Å². The number of hydrogen-bond acceptors (Lipinski definition) is 4. The van der Waals surface area contributed by atoms with Crippen molar-refractivity contribution < 1.29 is 9.53 Å². The maximum Gasteiger partial charge on any atom is 0.315 e. The first-order valence-electron chi connectivity index (χ1n) is 9.33. The predicted molar refractivity (Wildman–Crippen MR) is 96.7 cm³/mol. The van der Waals surface area contributed by atoms with E-state index < -0.39 is 0 Å². The topological polar surface area (TPSA) is 71.4 Å². The molecule has 0 saturated carbocycles. The molecule has 0 bridgehead atoms. The lowest BCUT2D eigenvalue weighted by Crippen LogP contribution is -2.51. The molecule has 0 radical (unpaired) electrons. The van der Waals surface area contributed by atoms with E-state index >= 15 is 0 Å². The van der Waals surface area contributed by atoms with Gasteiger partial charge in [0.05, 0.1) is 18.4 Å². The number of aromatic nitrogens is 2. The molecule has 0 spiro atoms. The number of hydrogen-bond donors (Lipinski definition) is 2. The molecule has 1 aromatic rings. The molecular formula is C18H31N5O2. The van der Waals surface area contributed by atoms with Crippen molar-refractivity contribution in [2.75, 3.05) is 26.2 Å². The van der Waals surface area contributed by atoms with Crippen LogP contribution >= 0.6 is 0 Å². The molecular weight excluding hydrogens is 318 g/mol. The second-order valence-corrected chi connectivity index (χ2v) is 7.48. The van der Waals surface area contributed by atoms with Crippen LogP contribution in [0.1, 0.15) is 36.7 Å². The minimum absolute atomic E-state index is 0.0526. The van der Waals surface area contributed by atoms with Crippen LogP contribution in [0, 0.1) is 13.8 Å². The highest BCUT2D eigenvalue weighted by Crippen LogP contribution is 2.22. The Bertz CT molecular complexity index is 615. The van der Waals surface area contributed by atoms with Crippen LogP contribution in [0.4, 0.5) is 4.79 Å². The number of carbonyl (C=O) groups is 1. The van der Waals surface area contributed by atoms with Crippen molar-refractivity contribution in [3.8, 4) is 0 Å². The van der Waals surface area contributed by atoms with E-state index in [1.54, 1.807) is 0 Å². The van der Waals surface area contributed by atoms with Crippen LogP contribution in [0.25, 0.3) is 0 Å². The molecule has 2 aliphatic heterocycles. The zero-order chi connectivity index (χ0) is 18.0. The summed E-state index contributed by atoms with van der Waals surface area (Å²) in [5.74, 6) is 0. The Labute approximate surface area is 150 Å². The molecule has 2 fully saturated rings. The fourth-order valence-corrected chi connectivity index (χ4v) is 3.96. The SMILES string of the molecule is Cc1nn(C)c(C)c1C[C@H](C)NC(=O)NC[C@@H]1CN2CCC[C@H]2CO1. The molecule has 7 heteroatoms. The number of rotatable bonds is 5. The van der Waals surface area contributed by atoms with Gasteiger partial charge in [0.1, 0.15) is 0 Å². The second kappa shape index (κ2) is 7.74. The predicted octanol–water partition coefficient (Wildman–Crippen LogP) is 1.13. The summed E-state index contributed by atoms with van der Waals surface area (Å²) in [5.41, 5.74) is 3.40. The molecule has 2 saturated heterocycles. The minimum atomic E-state index is -0.126. The monoisotopic (exact) mass is 349 g/mol. The largest absolute Gasteiger partial charge is 0.373 e. The van der Waals surface area contributed by atoms with Gasteiger partial charge >= 0.3 is 6.03 Å². The molecule has 3 rings (SSSR count). The maximum absolute atomic E-state index is 12.2. The fourth-order valence-electron chi connectivity index (χ4n) is 3.96. The Morgan fingerprint density at radius 3 is 2.96 bits per heavy atom. The van der Waals surface area contributed by atoms with Crippen molar-refractivity contribution in [1.82, 2.24) is 25.3 Å². The summed E-state index contributed by atoms with van der Waals surface area (Å²) in [4.78, 5) is 14.7. The highest BCUT2D eigenvalue weighted by molar-refractivity contribution is 5.74. The van der Waals surface area contributed by atoms with Gasteiger partial charge in [0.15, 0.2) is 0 Å². The average Bonchev–Trinajstić information content (AvgIpc) is 3.12. The lowest BCUT2D eigenvalue weighted by atomic mass is 10.1. The molecule has 3 heterocycles. The minimum Gasteiger partial charge on any atom is -0.373 e. The van der Waals surface area contributed by atoms with Crippen LogP contribution in [0.15, 0.2) is 0 Å². The number of morpholine rings is 1. The number of nitrogens with one attached hydrogen (secondary N) is 2. The molecule has 0 aliphatic carbocycles. The van der Waals surface area contributed by atoms with Crippen molar-refractivity contribution in [2.45, 2.75) is 58.2 Å². The summed E-state index contributed by atoms with van der Waals surface area (Å²) in [6.07, 6.45) is 3.39. The van der Waals surface area contributed by atoms with E-state index in [0.717, 1.165) is 37.5 Å². The Kier molecular flexibility index (Phi) is 5.64. The van der Waals surface area contributed by atoms with Crippen LogP contribution in [-0.2, 0) is 18.2 Å². The highest BCUT2D eigenvalue weighted by atomic mass is 16.5. The third kappa shape index (κ3) is 4.33. The van der Waals surface area contributed by atoms with Crippen molar-refractivity contribution in [3.63, 3.8) is 0 Å². The number of ether oxygens (including phenoxy) is 1. The Morgan fingerprint density at radius 2 is 2.24 bits per heavy atom. The molecule has 7 nitrogen and oxygen atoms in total. The molecule has 140 valence electrons. The molecule has 2 N–H and O–H groups in total. The Balaban J connectivity index is 1.41. The molecule has 1 aromatic heterocycles. The molecule has 3 atom stereocenters. The van der Waals surface area contributed by atoms with Crippen molar-refractivity contribution in [3.05, 3.63) is 17.0 Å². The number of urea groups is 1.